The van der Waals surface area contributed by atoms with E-state index >= 15 is 0 Å². The molecule has 0 unspecified atom stereocenters. The van der Waals surface area contributed by atoms with Gasteiger partial charge in [0, 0.05) is 44.4 Å². The van der Waals surface area contributed by atoms with E-state index in [-0.39, 0.29) is 12.4 Å². The summed E-state index contributed by atoms with van der Waals surface area (Å²) in [6.45, 7) is 3.81. The monoisotopic (exact) mass is 467 g/mol. The van der Waals surface area contributed by atoms with E-state index in [2.05, 4.69) is 15.0 Å². The van der Waals surface area contributed by atoms with Gasteiger partial charge < -0.3 is 9.26 Å². The summed E-state index contributed by atoms with van der Waals surface area (Å²) >= 11 is 0. The molecule has 1 aliphatic heterocycles. The molecule has 172 valence electrons. The minimum atomic E-state index is -4.33. The number of rotatable bonds is 6. The predicted molar refractivity (Wildman–Crippen MR) is 118 cm³/mol. The van der Waals surface area contributed by atoms with Crippen LogP contribution in [0, 0.1) is 0 Å². The molecular weight excluding hydrogens is 443 g/mol. The van der Waals surface area contributed by atoms with Gasteiger partial charge in [0.1, 0.15) is 11.4 Å². The molecule has 2 aromatic carbocycles. The predicted octanol–water partition coefficient (Wildman–Crippen LogP) is 5.11. The second-order valence-electron chi connectivity index (χ2n) is 7.62. The third-order valence-corrected chi connectivity index (χ3v) is 5.49. The van der Waals surface area contributed by atoms with Crippen molar-refractivity contribution in [1.29, 1.82) is 0 Å². The molecule has 0 saturated carbocycles. The van der Waals surface area contributed by atoms with Gasteiger partial charge in [-0.1, -0.05) is 35.5 Å². The highest BCUT2D eigenvalue weighted by Crippen LogP contribution is 2.32. The van der Waals surface area contributed by atoms with Crippen LogP contribution in [0.1, 0.15) is 16.9 Å². The molecule has 0 spiro atoms. The fourth-order valence-electron chi connectivity index (χ4n) is 3.81. The molecule has 1 fully saturated rings. The first-order chi connectivity index (χ1) is 14.9. The van der Waals surface area contributed by atoms with Crippen LogP contribution in [0.2, 0.25) is 0 Å². The molecule has 1 aliphatic rings. The van der Waals surface area contributed by atoms with Gasteiger partial charge in [-0.15, -0.1) is 12.4 Å². The van der Waals surface area contributed by atoms with Gasteiger partial charge in [-0.05, 0) is 23.8 Å². The smallest absolute Gasteiger partial charge is 0.416 e. The molecule has 3 aromatic rings. The molecule has 4 rings (SSSR count). The topological polar surface area (TPSA) is 41.7 Å². The molecule has 0 bridgehead atoms. The lowest BCUT2D eigenvalue weighted by Crippen LogP contribution is -2.45. The van der Waals surface area contributed by atoms with Crippen molar-refractivity contribution < 1.29 is 22.4 Å². The molecular formula is C23H25ClF3N3O2. The number of hydrogen-bond donors (Lipinski definition) is 0. The first-order valence-electron chi connectivity index (χ1n) is 10.1. The summed E-state index contributed by atoms with van der Waals surface area (Å²) in [5, 5.41) is 4.16. The number of halogens is 4. The van der Waals surface area contributed by atoms with Crippen LogP contribution in [-0.4, -0.2) is 48.2 Å². The molecule has 2 heterocycles. The van der Waals surface area contributed by atoms with E-state index in [1.54, 1.807) is 19.2 Å². The van der Waals surface area contributed by atoms with Gasteiger partial charge >= 0.3 is 6.18 Å². The zero-order valence-corrected chi connectivity index (χ0v) is 18.5. The number of methoxy groups -OCH3 is 1. The second kappa shape index (κ2) is 10.4. The fourth-order valence-corrected chi connectivity index (χ4v) is 3.81. The Bertz CT molecular complexity index is 1020. The molecule has 0 N–H and O–H groups in total. The van der Waals surface area contributed by atoms with E-state index in [1.807, 2.05) is 30.3 Å². The maximum atomic E-state index is 13.2. The Balaban J connectivity index is 0.00000289. The van der Waals surface area contributed by atoms with Crippen LogP contribution in [0.15, 0.2) is 59.1 Å². The number of alkyl halides is 3. The van der Waals surface area contributed by atoms with Crippen LogP contribution >= 0.6 is 12.4 Å². The lowest BCUT2D eigenvalue weighted by molar-refractivity contribution is -0.138. The van der Waals surface area contributed by atoms with Crippen LogP contribution in [0.5, 0.6) is 5.75 Å². The van der Waals surface area contributed by atoms with Crippen molar-refractivity contribution in [2.24, 2.45) is 0 Å². The standard InChI is InChI=1S/C23H24F3N3O2.ClH/c1-30-19-7-4-6-17(13-19)22-14-20(31-27-22)16-29-11-9-28(10-12-29)15-18-5-2-3-8-21(18)23(24,25)26;/h2-8,13-14H,9-12,15-16H2,1H3;1H. The third-order valence-electron chi connectivity index (χ3n) is 5.49. The summed E-state index contributed by atoms with van der Waals surface area (Å²) in [6, 6.07) is 15.3. The highest BCUT2D eigenvalue weighted by Gasteiger charge is 2.33. The summed E-state index contributed by atoms with van der Waals surface area (Å²) in [5.74, 6) is 1.51. The zero-order chi connectivity index (χ0) is 21.8. The molecule has 0 atom stereocenters. The van der Waals surface area contributed by atoms with E-state index in [9.17, 15) is 13.2 Å². The zero-order valence-electron chi connectivity index (χ0n) is 17.6. The van der Waals surface area contributed by atoms with Crippen molar-refractivity contribution in [3.63, 3.8) is 0 Å². The van der Waals surface area contributed by atoms with Crippen molar-refractivity contribution >= 4 is 12.4 Å². The molecule has 5 nitrogen and oxygen atoms in total. The average Bonchev–Trinajstić information content (AvgIpc) is 3.23. The maximum Gasteiger partial charge on any atom is 0.416 e. The normalized spacial score (nSPS) is 15.4. The number of piperazine rings is 1. The maximum absolute atomic E-state index is 13.2. The first-order valence-corrected chi connectivity index (χ1v) is 10.1. The average molecular weight is 468 g/mol. The van der Waals surface area contributed by atoms with Gasteiger partial charge in [0.25, 0.3) is 0 Å². The van der Waals surface area contributed by atoms with Gasteiger partial charge in [-0.3, -0.25) is 9.80 Å². The lowest BCUT2D eigenvalue weighted by atomic mass is 10.1. The Kier molecular flexibility index (Phi) is 7.82. The van der Waals surface area contributed by atoms with Crippen molar-refractivity contribution in [2.45, 2.75) is 19.3 Å². The fraction of sp³-hybridized carbons (Fsp3) is 0.348. The molecule has 0 aliphatic carbocycles. The number of ether oxygens (including phenoxy) is 1. The Morgan fingerprint density at radius 1 is 0.938 bits per heavy atom. The molecule has 1 aromatic heterocycles. The minimum Gasteiger partial charge on any atom is -0.497 e. The minimum absolute atomic E-state index is 0. The van der Waals surface area contributed by atoms with Crippen LogP contribution < -0.4 is 4.74 Å². The number of hydrogen-bond acceptors (Lipinski definition) is 5. The molecule has 32 heavy (non-hydrogen) atoms. The van der Waals surface area contributed by atoms with Crippen molar-refractivity contribution in [2.75, 3.05) is 33.3 Å². The molecule has 0 radical (unpaired) electrons. The third kappa shape index (κ3) is 5.82. The first kappa shape index (κ1) is 24.1. The lowest BCUT2D eigenvalue weighted by Gasteiger charge is -2.34. The van der Waals surface area contributed by atoms with Crippen molar-refractivity contribution in [3.8, 4) is 17.0 Å². The summed E-state index contributed by atoms with van der Waals surface area (Å²) in [5.41, 5.74) is 1.43. The van der Waals surface area contributed by atoms with Crippen LogP contribution in [0.3, 0.4) is 0 Å². The van der Waals surface area contributed by atoms with E-state index in [0.29, 0.717) is 31.7 Å². The molecule has 0 amide bonds. The van der Waals surface area contributed by atoms with Gasteiger partial charge in [-0.25, -0.2) is 0 Å². The van der Waals surface area contributed by atoms with Crippen molar-refractivity contribution in [3.05, 3.63) is 71.5 Å². The van der Waals surface area contributed by atoms with E-state index in [0.717, 1.165) is 41.9 Å². The summed E-state index contributed by atoms with van der Waals surface area (Å²) < 4.78 is 50.4. The van der Waals surface area contributed by atoms with Gasteiger partial charge in [0.15, 0.2) is 5.76 Å². The Labute approximate surface area is 191 Å². The molecule has 9 heteroatoms. The number of nitrogens with zero attached hydrogens (tertiary/aromatic N) is 3. The van der Waals surface area contributed by atoms with Crippen molar-refractivity contribution in [1.82, 2.24) is 15.0 Å². The SMILES string of the molecule is COc1cccc(-c2cc(CN3CCN(Cc4ccccc4C(F)(F)F)CC3)on2)c1.Cl. The van der Waals surface area contributed by atoms with Crippen LogP contribution in [0.4, 0.5) is 13.2 Å². The highest BCUT2D eigenvalue weighted by atomic mass is 35.5. The summed E-state index contributed by atoms with van der Waals surface area (Å²) in [7, 11) is 1.62. The van der Waals surface area contributed by atoms with Crippen LogP contribution in [0.25, 0.3) is 11.3 Å². The van der Waals surface area contributed by atoms with Gasteiger partial charge in [0.2, 0.25) is 0 Å². The van der Waals surface area contributed by atoms with Gasteiger partial charge in [0.05, 0.1) is 19.2 Å². The second-order valence-corrected chi connectivity index (χ2v) is 7.62. The largest absolute Gasteiger partial charge is 0.497 e. The van der Waals surface area contributed by atoms with E-state index in [1.165, 1.54) is 6.07 Å². The van der Waals surface area contributed by atoms with E-state index < -0.39 is 11.7 Å². The number of aromatic nitrogens is 1. The van der Waals surface area contributed by atoms with Gasteiger partial charge in [-0.2, -0.15) is 13.2 Å². The Morgan fingerprint density at radius 2 is 1.62 bits per heavy atom. The summed E-state index contributed by atoms with van der Waals surface area (Å²) in [6.07, 6.45) is -4.33. The summed E-state index contributed by atoms with van der Waals surface area (Å²) in [4.78, 5) is 4.28. The molecule has 1 saturated heterocycles. The van der Waals surface area contributed by atoms with Crippen LogP contribution in [-0.2, 0) is 19.3 Å². The Hall–Kier alpha value is -2.55. The Morgan fingerprint density at radius 3 is 2.31 bits per heavy atom. The highest BCUT2D eigenvalue weighted by molar-refractivity contribution is 5.85. The van der Waals surface area contributed by atoms with E-state index in [4.69, 9.17) is 9.26 Å². The quantitative estimate of drug-likeness (QED) is 0.504. The number of benzene rings is 2.